The van der Waals surface area contributed by atoms with Gasteiger partial charge in [0.25, 0.3) is 11.8 Å². The molecule has 0 saturated heterocycles. The molecule has 0 radical (unpaired) electrons. The van der Waals surface area contributed by atoms with Crippen molar-refractivity contribution in [2.45, 2.75) is 19.9 Å². The second-order valence-electron chi connectivity index (χ2n) is 6.74. The molecule has 2 rings (SSSR count). The van der Waals surface area contributed by atoms with Crippen LogP contribution in [0, 0.1) is 17.2 Å². The zero-order valence-electron chi connectivity index (χ0n) is 17.0. The van der Waals surface area contributed by atoms with Crippen molar-refractivity contribution in [2.24, 2.45) is 5.92 Å². The minimum Gasteiger partial charge on any atom is -0.496 e. The number of rotatable bonds is 8. The molecule has 0 unspecified atom stereocenters. The molecule has 0 aromatic heterocycles. The van der Waals surface area contributed by atoms with Crippen molar-refractivity contribution < 1.29 is 23.9 Å². The van der Waals surface area contributed by atoms with E-state index in [4.69, 9.17) is 14.7 Å². The number of esters is 1. The number of anilines is 1. The van der Waals surface area contributed by atoms with Crippen LogP contribution in [0.2, 0.25) is 0 Å². The molecule has 30 heavy (non-hydrogen) atoms. The van der Waals surface area contributed by atoms with Gasteiger partial charge in [-0.2, -0.15) is 5.26 Å². The van der Waals surface area contributed by atoms with E-state index in [0.717, 1.165) is 0 Å². The third kappa shape index (κ3) is 6.07. The third-order valence-electron chi connectivity index (χ3n) is 4.20. The fraction of sp³-hybridized carbons (Fsp3) is 0.273. The summed E-state index contributed by atoms with van der Waals surface area (Å²) in [5.74, 6) is -1.62. The Bertz CT molecular complexity index is 948. The molecule has 2 N–H and O–H groups in total. The number of carbonyl (C=O) groups is 3. The zero-order chi connectivity index (χ0) is 22.1. The summed E-state index contributed by atoms with van der Waals surface area (Å²) < 4.78 is 10.3. The molecule has 0 fully saturated rings. The fourth-order valence-corrected chi connectivity index (χ4v) is 2.60. The lowest BCUT2D eigenvalue weighted by Gasteiger charge is -2.21. The number of benzene rings is 2. The molecule has 2 amide bonds. The highest BCUT2D eigenvalue weighted by molar-refractivity contribution is 5.99. The summed E-state index contributed by atoms with van der Waals surface area (Å²) in [7, 11) is 1.45. The van der Waals surface area contributed by atoms with Crippen LogP contribution in [0.1, 0.15) is 29.8 Å². The normalized spacial score (nSPS) is 11.2. The number of ether oxygens (including phenoxy) is 2. The van der Waals surface area contributed by atoms with E-state index in [2.05, 4.69) is 10.6 Å². The van der Waals surface area contributed by atoms with E-state index in [9.17, 15) is 14.4 Å². The molecular formula is C22H23N3O5. The Morgan fingerprint density at radius 1 is 1.07 bits per heavy atom. The molecule has 1 atom stereocenters. The third-order valence-corrected chi connectivity index (χ3v) is 4.20. The number of nitrogens with zero attached hydrogens (tertiary/aromatic N) is 1. The highest BCUT2D eigenvalue weighted by atomic mass is 16.5. The maximum absolute atomic E-state index is 12.6. The van der Waals surface area contributed by atoms with E-state index in [-0.39, 0.29) is 11.5 Å². The second kappa shape index (κ2) is 10.6. The first-order chi connectivity index (χ1) is 14.3. The van der Waals surface area contributed by atoms with E-state index < -0.39 is 30.4 Å². The first-order valence-electron chi connectivity index (χ1n) is 9.26. The van der Waals surface area contributed by atoms with Crippen LogP contribution in [0.5, 0.6) is 5.75 Å². The van der Waals surface area contributed by atoms with Crippen LogP contribution >= 0.6 is 0 Å². The lowest BCUT2D eigenvalue weighted by molar-refractivity contribution is -0.150. The number of para-hydroxylation sites is 1. The van der Waals surface area contributed by atoms with E-state index in [0.29, 0.717) is 17.0 Å². The largest absolute Gasteiger partial charge is 0.496 e. The predicted molar refractivity (Wildman–Crippen MR) is 110 cm³/mol. The Balaban J connectivity index is 1.95. The van der Waals surface area contributed by atoms with Crippen molar-refractivity contribution >= 4 is 23.5 Å². The highest BCUT2D eigenvalue weighted by Crippen LogP contribution is 2.18. The SMILES string of the molecule is COc1ccccc1C(=O)N[C@H](C(=O)OCC(=O)Nc1ccc(C#N)cc1)C(C)C. The van der Waals surface area contributed by atoms with Gasteiger partial charge in [-0.1, -0.05) is 26.0 Å². The number of hydrogen-bond acceptors (Lipinski definition) is 6. The van der Waals surface area contributed by atoms with Crippen LogP contribution in [-0.4, -0.2) is 37.5 Å². The number of methoxy groups -OCH3 is 1. The Hall–Kier alpha value is -3.86. The van der Waals surface area contributed by atoms with Gasteiger partial charge in [-0.05, 0) is 42.3 Å². The smallest absolute Gasteiger partial charge is 0.329 e. The van der Waals surface area contributed by atoms with E-state index in [1.165, 1.54) is 7.11 Å². The topological polar surface area (TPSA) is 118 Å². The van der Waals surface area contributed by atoms with Crippen LogP contribution in [0.15, 0.2) is 48.5 Å². The van der Waals surface area contributed by atoms with Crippen LogP contribution in [-0.2, 0) is 14.3 Å². The van der Waals surface area contributed by atoms with Gasteiger partial charge >= 0.3 is 5.97 Å². The van der Waals surface area contributed by atoms with Gasteiger partial charge in [-0.3, -0.25) is 9.59 Å². The Kier molecular flexibility index (Phi) is 7.94. The van der Waals surface area contributed by atoms with Crippen molar-refractivity contribution in [3.8, 4) is 11.8 Å². The van der Waals surface area contributed by atoms with Crippen molar-refractivity contribution in [3.63, 3.8) is 0 Å². The summed E-state index contributed by atoms with van der Waals surface area (Å²) in [6.45, 7) is 3.00. The number of carbonyl (C=O) groups excluding carboxylic acids is 3. The monoisotopic (exact) mass is 409 g/mol. The number of amides is 2. The van der Waals surface area contributed by atoms with E-state index in [1.807, 2.05) is 6.07 Å². The van der Waals surface area contributed by atoms with Gasteiger partial charge < -0.3 is 20.1 Å². The van der Waals surface area contributed by atoms with Gasteiger partial charge in [0.05, 0.1) is 24.3 Å². The average molecular weight is 409 g/mol. The molecule has 8 nitrogen and oxygen atoms in total. The van der Waals surface area contributed by atoms with Crippen molar-refractivity contribution in [2.75, 3.05) is 19.0 Å². The molecule has 0 aliphatic carbocycles. The molecule has 0 saturated carbocycles. The van der Waals surface area contributed by atoms with Crippen LogP contribution in [0.3, 0.4) is 0 Å². The maximum atomic E-state index is 12.6. The van der Waals surface area contributed by atoms with Crippen molar-refractivity contribution in [1.82, 2.24) is 5.32 Å². The van der Waals surface area contributed by atoms with Crippen molar-refractivity contribution in [3.05, 3.63) is 59.7 Å². The fourth-order valence-electron chi connectivity index (χ4n) is 2.60. The minimum atomic E-state index is -0.940. The summed E-state index contributed by atoms with van der Waals surface area (Å²) in [6.07, 6.45) is 0. The summed E-state index contributed by atoms with van der Waals surface area (Å²) in [6, 6.07) is 14.0. The highest BCUT2D eigenvalue weighted by Gasteiger charge is 2.27. The number of hydrogen-bond donors (Lipinski definition) is 2. The summed E-state index contributed by atoms with van der Waals surface area (Å²) >= 11 is 0. The summed E-state index contributed by atoms with van der Waals surface area (Å²) in [5.41, 5.74) is 1.22. The van der Waals surface area contributed by atoms with Gasteiger partial charge in [0, 0.05) is 5.69 Å². The molecule has 2 aromatic rings. The molecule has 0 spiro atoms. The molecule has 0 aliphatic heterocycles. The standard InChI is InChI=1S/C22H23N3O5/c1-14(2)20(25-21(27)17-6-4-5-7-18(17)29-3)22(28)30-13-19(26)24-16-10-8-15(12-23)9-11-16/h4-11,14,20H,13H2,1-3H3,(H,24,26)(H,25,27)/t20-/m0/s1. The predicted octanol–water partition coefficient (Wildman–Crippen LogP) is 2.50. The van der Waals surface area contributed by atoms with Gasteiger partial charge in [-0.15, -0.1) is 0 Å². The molecule has 0 heterocycles. The van der Waals surface area contributed by atoms with Crippen LogP contribution in [0.25, 0.3) is 0 Å². The number of nitrogens with one attached hydrogen (secondary N) is 2. The number of nitriles is 1. The van der Waals surface area contributed by atoms with Gasteiger partial charge in [0.2, 0.25) is 0 Å². The molecule has 0 bridgehead atoms. The Morgan fingerprint density at radius 2 is 1.73 bits per heavy atom. The van der Waals surface area contributed by atoms with Gasteiger partial charge in [0.1, 0.15) is 11.8 Å². The molecule has 0 aliphatic rings. The van der Waals surface area contributed by atoms with Gasteiger partial charge in [-0.25, -0.2) is 4.79 Å². The average Bonchev–Trinajstić information content (AvgIpc) is 2.75. The van der Waals surface area contributed by atoms with Crippen molar-refractivity contribution in [1.29, 1.82) is 5.26 Å². The second-order valence-corrected chi connectivity index (χ2v) is 6.74. The quantitative estimate of drug-likeness (QED) is 0.647. The van der Waals surface area contributed by atoms with Gasteiger partial charge in [0.15, 0.2) is 6.61 Å². The molecular weight excluding hydrogens is 386 g/mol. The molecule has 2 aromatic carbocycles. The summed E-state index contributed by atoms with van der Waals surface area (Å²) in [4.78, 5) is 37.1. The maximum Gasteiger partial charge on any atom is 0.329 e. The van der Waals surface area contributed by atoms with Crippen LogP contribution in [0.4, 0.5) is 5.69 Å². The summed E-state index contributed by atoms with van der Waals surface area (Å²) in [5, 5.41) is 14.0. The Labute approximate surface area is 174 Å². The van der Waals surface area contributed by atoms with E-state index in [1.54, 1.807) is 62.4 Å². The molecule has 156 valence electrons. The first kappa shape index (κ1) is 22.4. The first-order valence-corrected chi connectivity index (χ1v) is 9.26. The zero-order valence-corrected chi connectivity index (χ0v) is 17.0. The van der Waals surface area contributed by atoms with Crippen LogP contribution < -0.4 is 15.4 Å². The van der Waals surface area contributed by atoms with E-state index >= 15 is 0 Å². The minimum absolute atomic E-state index is 0.266. The lowest BCUT2D eigenvalue weighted by Crippen LogP contribution is -2.46. The Morgan fingerprint density at radius 3 is 2.33 bits per heavy atom. The lowest BCUT2D eigenvalue weighted by atomic mass is 10.0. The molecule has 8 heteroatoms.